The standard InChI is InChI=1S/C14H17NO4/c16-9-11-7-13(17)15(8-11)12(14(18)19)6-10-4-2-1-3-5-10/h1-5,11-12,16H,6-9H2,(H,18,19)/t11?,12-/m0/s1. The highest BCUT2D eigenvalue weighted by Crippen LogP contribution is 2.21. The van der Waals surface area contributed by atoms with Gasteiger partial charge in [-0.2, -0.15) is 0 Å². The average Bonchev–Trinajstić information content (AvgIpc) is 2.78. The summed E-state index contributed by atoms with van der Waals surface area (Å²) in [5.41, 5.74) is 0.884. The maximum absolute atomic E-state index is 11.8. The number of amides is 1. The lowest BCUT2D eigenvalue weighted by atomic mass is 10.0. The minimum Gasteiger partial charge on any atom is -0.480 e. The second kappa shape index (κ2) is 5.84. The predicted molar refractivity (Wildman–Crippen MR) is 68.5 cm³/mol. The van der Waals surface area contributed by atoms with Crippen molar-refractivity contribution in [2.45, 2.75) is 18.9 Å². The Labute approximate surface area is 111 Å². The summed E-state index contributed by atoms with van der Waals surface area (Å²) in [4.78, 5) is 24.6. The number of carbonyl (C=O) groups is 2. The van der Waals surface area contributed by atoms with Gasteiger partial charge in [0.25, 0.3) is 0 Å². The molecule has 1 saturated heterocycles. The van der Waals surface area contributed by atoms with Gasteiger partial charge in [0.05, 0.1) is 0 Å². The second-order valence-electron chi connectivity index (χ2n) is 4.84. The van der Waals surface area contributed by atoms with E-state index in [0.717, 1.165) is 5.56 Å². The minimum atomic E-state index is -1.00. The summed E-state index contributed by atoms with van der Waals surface area (Å²) in [5, 5.41) is 18.4. The molecule has 0 bridgehead atoms. The molecular formula is C14H17NO4. The summed E-state index contributed by atoms with van der Waals surface area (Å²) in [6.45, 7) is 0.235. The van der Waals surface area contributed by atoms with E-state index in [0.29, 0.717) is 13.0 Å². The van der Waals surface area contributed by atoms with Gasteiger partial charge in [-0.1, -0.05) is 30.3 Å². The highest BCUT2D eigenvalue weighted by molar-refractivity contribution is 5.85. The van der Waals surface area contributed by atoms with Crippen molar-refractivity contribution >= 4 is 11.9 Å². The second-order valence-corrected chi connectivity index (χ2v) is 4.84. The van der Waals surface area contributed by atoms with E-state index in [4.69, 9.17) is 5.11 Å². The molecule has 0 aliphatic carbocycles. The van der Waals surface area contributed by atoms with Crippen LogP contribution in [0.2, 0.25) is 0 Å². The quantitative estimate of drug-likeness (QED) is 0.812. The normalized spacial score (nSPS) is 20.6. The fraction of sp³-hybridized carbons (Fsp3) is 0.429. The zero-order valence-corrected chi connectivity index (χ0v) is 10.5. The molecule has 0 spiro atoms. The number of aliphatic carboxylic acids is 1. The highest BCUT2D eigenvalue weighted by Gasteiger charge is 2.37. The number of hydrogen-bond donors (Lipinski definition) is 2. The van der Waals surface area contributed by atoms with Crippen molar-refractivity contribution in [1.29, 1.82) is 0 Å². The van der Waals surface area contributed by atoms with Gasteiger partial charge in [-0.25, -0.2) is 4.79 Å². The van der Waals surface area contributed by atoms with Crippen molar-refractivity contribution < 1.29 is 19.8 Å². The Bertz CT molecular complexity index is 460. The molecule has 1 fully saturated rings. The number of aliphatic hydroxyl groups excluding tert-OH is 1. The zero-order valence-electron chi connectivity index (χ0n) is 10.5. The number of likely N-dealkylation sites (tertiary alicyclic amines) is 1. The SMILES string of the molecule is O=C(O)[C@H](Cc1ccccc1)N1CC(CO)CC1=O. The molecule has 1 heterocycles. The topological polar surface area (TPSA) is 77.8 Å². The lowest BCUT2D eigenvalue weighted by Gasteiger charge is -2.24. The van der Waals surface area contributed by atoms with Gasteiger partial charge in [0.2, 0.25) is 5.91 Å². The van der Waals surface area contributed by atoms with E-state index < -0.39 is 12.0 Å². The molecule has 1 amide bonds. The number of carboxylic acids is 1. The summed E-state index contributed by atoms with van der Waals surface area (Å²) >= 11 is 0. The highest BCUT2D eigenvalue weighted by atomic mass is 16.4. The minimum absolute atomic E-state index is 0.0834. The number of benzene rings is 1. The van der Waals surface area contributed by atoms with Crippen molar-refractivity contribution in [3.05, 3.63) is 35.9 Å². The van der Waals surface area contributed by atoms with Crippen LogP contribution in [0.15, 0.2) is 30.3 Å². The number of rotatable bonds is 5. The fourth-order valence-electron chi connectivity index (χ4n) is 2.40. The molecule has 1 aromatic rings. The summed E-state index contributed by atoms with van der Waals surface area (Å²) in [6.07, 6.45) is 0.523. The van der Waals surface area contributed by atoms with Gasteiger partial charge in [0.1, 0.15) is 6.04 Å². The monoisotopic (exact) mass is 263 g/mol. The van der Waals surface area contributed by atoms with Gasteiger partial charge in [0.15, 0.2) is 0 Å². The summed E-state index contributed by atoms with van der Waals surface area (Å²) in [6, 6.07) is 8.39. The summed E-state index contributed by atoms with van der Waals surface area (Å²) in [5.74, 6) is -1.34. The van der Waals surface area contributed by atoms with Gasteiger partial charge in [-0.15, -0.1) is 0 Å². The maximum Gasteiger partial charge on any atom is 0.326 e. The van der Waals surface area contributed by atoms with Crippen LogP contribution in [0.3, 0.4) is 0 Å². The molecule has 0 aromatic heterocycles. The molecule has 1 aliphatic rings. The Hall–Kier alpha value is -1.88. The smallest absolute Gasteiger partial charge is 0.326 e. The van der Waals surface area contributed by atoms with Crippen molar-refractivity contribution in [3.8, 4) is 0 Å². The molecule has 2 rings (SSSR count). The van der Waals surface area contributed by atoms with Gasteiger partial charge < -0.3 is 15.1 Å². The Kier molecular flexibility index (Phi) is 4.16. The zero-order chi connectivity index (χ0) is 13.8. The average molecular weight is 263 g/mol. The molecule has 0 saturated carbocycles. The molecule has 19 heavy (non-hydrogen) atoms. The Balaban J connectivity index is 2.13. The third kappa shape index (κ3) is 3.12. The van der Waals surface area contributed by atoms with E-state index in [1.165, 1.54) is 4.90 Å². The molecule has 0 radical (unpaired) electrons. The molecule has 2 atom stereocenters. The van der Waals surface area contributed by atoms with Crippen molar-refractivity contribution in [2.24, 2.45) is 5.92 Å². The molecule has 2 N–H and O–H groups in total. The first-order valence-electron chi connectivity index (χ1n) is 6.29. The van der Waals surface area contributed by atoms with Gasteiger partial charge in [-0.05, 0) is 5.56 Å². The van der Waals surface area contributed by atoms with E-state index in [2.05, 4.69) is 0 Å². The van der Waals surface area contributed by atoms with E-state index >= 15 is 0 Å². The molecule has 1 aliphatic heterocycles. The van der Waals surface area contributed by atoms with Crippen LogP contribution in [0.25, 0.3) is 0 Å². The van der Waals surface area contributed by atoms with Gasteiger partial charge in [-0.3, -0.25) is 4.79 Å². The summed E-state index contributed by atoms with van der Waals surface area (Å²) < 4.78 is 0. The Morgan fingerprint density at radius 1 is 1.37 bits per heavy atom. The van der Waals surface area contributed by atoms with Crippen LogP contribution in [-0.4, -0.2) is 46.2 Å². The molecule has 102 valence electrons. The number of hydrogen-bond acceptors (Lipinski definition) is 3. The number of carboxylic acid groups (broad SMARTS) is 1. The lowest BCUT2D eigenvalue weighted by Crippen LogP contribution is -2.43. The molecular weight excluding hydrogens is 246 g/mol. The largest absolute Gasteiger partial charge is 0.480 e. The van der Waals surface area contributed by atoms with Crippen LogP contribution in [0.4, 0.5) is 0 Å². The number of nitrogens with zero attached hydrogens (tertiary/aromatic N) is 1. The molecule has 5 heteroatoms. The van der Waals surface area contributed by atoms with Gasteiger partial charge >= 0.3 is 5.97 Å². The maximum atomic E-state index is 11.8. The predicted octanol–water partition coefficient (Wildman–Crippen LogP) is 0.523. The Morgan fingerprint density at radius 2 is 2.05 bits per heavy atom. The molecule has 1 aromatic carbocycles. The first-order valence-corrected chi connectivity index (χ1v) is 6.29. The van der Waals surface area contributed by atoms with Crippen LogP contribution in [0.5, 0.6) is 0 Å². The first kappa shape index (κ1) is 13.5. The summed E-state index contributed by atoms with van der Waals surface area (Å²) in [7, 11) is 0. The third-order valence-corrected chi connectivity index (χ3v) is 3.43. The van der Waals surface area contributed by atoms with Crippen LogP contribution < -0.4 is 0 Å². The van der Waals surface area contributed by atoms with E-state index in [9.17, 15) is 14.7 Å². The first-order chi connectivity index (χ1) is 9.11. The van der Waals surface area contributed by atoms with Gasteiger partial charge in [0, 0.05) is 31.9 Å². The van der Waals surface area contributed by atoms with Crippen LogP contribution in [0, 0.1) is 5.92 Å². The molecule has 1 unspecified atom stereocenters. The fourth-order valence-corrected chi connectivity index (χ4v) is 2.40. The van der Waals surface area contributed by atoms with Crippen LogP contribution >= 0.6 is 0 Å². The van der Waals surface area contributed by atoms with Crippen molar-refractivity contribution in [2.75, 3.05) is 13.2 Å². The van der Waals surface area contributed by atoms with E-state index in [1.54, 1.807) is 0 Å². The third-order valence-electron chi connectivity index (χ3n) is 3.43. The van der Waals surface area contributed by atoms with Crippen molar-refractivity contribution in [3.63, 3.8) is 0 Å². The van der Waals surface area contributed by atoms with E-state index in [1.807, 2.05) is 30.3 Å². The molecule has 5 nitrogen and oxygen atoms in total. The van der Waals surface area contributed by atoms with E-state index in [-0.39, 0.29) is 24.9 Å². The van der Waals surface area contributed by atoms with Crippen molar-refractivity contribution in [1.82, 2.24) is 4.90 Å². The number of aliphatic hydroxyl groups is 1. The lowest BCUT2D eigenvalue weighted by molar-refractivity contribution is -0.148. The van der Waals surface area contributed by atoms with Crippen LogP contribution in [0.1, 0.15) is 12.0 Å². The van der Waals surface area contributed by atoms with Crippen LogP contribution in [-0.2, 0) is 16.0 Å². The Morgan fingerprint density at radius 3 is 2.58 bits per heavy atom. The number of carbonyl (C=O) groups excluding carboxylic acids is 1.